The molecule has 2 aromatic carbocycles. The summed E-state index contributed by atoms with van der Waals surface area (Å²) in [4.78, 5) is 37.9. The van der Waals surface area contributed by atoms with Gasteiger partial charge in [-0.25, -0.2) is 13.2 Å². The van der Waals surface area contributed by atoms with E-state index in [0.717, 1.165) is 12.1 Å². The summed E-state index contributed by atoms with van der Waals surface area (Å²) < 4.78 is 56.0. The van der Waals surface area contributed by atoms with Crippen molar-refractivity contribution in [3.05, 3.63) is 57.5 Å². The van der Waals surface area contributed by atoms with E-state index in [-0.39, 0.29) is 17.0 Å². The van der Waals surface area contributed by atoms with Crippen molar-refractivity contribution in [2.24, 2.45) is 10.8 Å². The fourth-order valence-electron chi connectivity index (χ4n) is 3.29. The van der Waals surface area contributed by atoms with Gasteiger partial charge in [-0.2, -0.15) is 0 Å². The molecule has 0 unspecified atom stereocenters. The number of nitrogens with one attached hydrogen (secondary N) is 2. The van der Waals surface area contributed by atoms with E-state index in [1.54, 1.807) is 41.5 Å². The Morgan fingerprint density at radius 1 is 0.919 bits per heavy atom. The lowest BCUT2D eigenvalue weighted by atomic mass is 9.95. The molecule has 3 rings (SSSR count). The van der Waals surface area contributed by atoms with Gasteiger partial charge in [0.15, 0.2) is 22.6 Å². The Bertz CT molecular complexity index is 1450. The van der Waals surface area contributed by atoms with Crippen LogP contribution in [0.3, 0.4) is 0 Å². The average Bonchev–Trinajstić information content (AvgIpc) is 2.79. The number of fused-ring (bicyclic) bond motifs is 1. The number of hydrogen-bond donors (Lipinski definition) is 2. The van der Waals surface area contributed by atoms with E-state index < -0.39 is 74.4 Å². The second-order valence-corrected chi connectivity index (χ2v) is 10.7. The van der Waals surface area contributed by atoms with E-state index in [9.17, 15) is 18.8 Å². The van der Waals surface area contributed by atoms with Gasteiger partial charge >= 0.3 is 0 Å². The second kappa shape index (κ2) is 10.0. The van der Waals surface area contributed by atoms with Crippen LogP contribution in [0.5, 0.6) is 0 Å². The highest BCUT2D eigenvalue weighted by Gasteiger charge is 2.29. The van der Waals surface area contributed by atoms with Gasteiger partial charge in [-0.3, -0.25) is 14.4 Å². The molecule has 1 aromatic heterocycles. The Hall–Kier alpha value is -3.66. The lowest BCUT2D eigenvalue weighted by molar-refractivity contribution is -0.123. The molecule has 2 N–H and O–H groups in total. The molecule has 0 saturated carbocycles. The Balaban J connectivity index is 2.20. The molecular weight excluding hydrogens is 489 g/mol. The topological polar surface area (TPSA) is 97.6 Å². The number of anilines is 2. The third-order valence-electron chi connectivity index (χ3n) is 5.54. The van der Waals surface area contributed by atoms with Crippen LogP contribution in [0.2, 0.25) is 0 Å². The lowest BCUT2D eigenvalue weighted by Gasteiger charge is -2.20. The minimum atomic E-state index is -1.18. The molecule has 198 valence electrons. The van der Waals surface area contributed by atoms with Gasteiger partial charge in [0.05, 0.1) is 28.9 Å². The monoisotopic (exact) mass is 518 g/mol. The third-order valence-corrected chi connectivity index (χ3v) is 5.54. The van der Waals surface area contributed by atoms with Crippen LogP contribution in [0, 0.1) is 28.3 Å². The van der Waals surface area contributed by atoms with Crippen LogP contribution in [-0.4, -0.2) is 18.9 Å². The first kappa shape index (κ1) is 27.9. The second-order valence-electron chi connectivity index (χ2n) is 10.7. The fraction of sp³-hybridized carbons (Fsp3) is 0.370. The molecule has 37 heavy (non-hydrogen) atoms. The number of benzene rings is 2. The van der Waals surface area contributed by atoms with Crippen molar-refractivity contribution in [1.29, 1.82) is 0 Å². The summed E-state index contributed by atoms with van der Waals surface area (Å²) in [5.41, 5.74) is -4.28. The zero-order valence-electron chi connectivity index (χ0n) is 21.7. The van der Waals surface area contributed by atoms with Gasteiger partial charge in [-0.15, -0.1) is 0 Å². The molecule has 2 amide bonds. The summed E-state index contributed by atoms with van der Waals surface area (Å²) in [5.74, 6) is -4.37. The molecular formula is C27H29F3N2O5. The lowest BCUT2D eigenvalue weighted by Crippen LogP contribution is -2.29. The fourth-order valence-corrected chi connectivity index (χ4v) is 3.29. The molecule has 0 aliphatic heterocycles. The summed E-state index contributed by atoms with van der Waals surface area (Å²) in [6.45, 7) is 9.28. The Kier molecular flexibility index (Phi) is 7.55. The van der Waals surface area contributed by atoms with Crippen LogP contribution in [0.15, 0.2) is 33.5 Å². The zero-order chi connectivity index (χ0) is 27.9. The Morgan fingerprint density at radius 3 is 2.05 bits per heavy atom. The molecule has 0 atom stereocenters. The number of halogens is 3. The van der Waals surface area contributed by atoms with Gasteiger partial charge in [-0.05, 0) is 18.2 Å². The largest absolute Gasteiger partial charge is 0.453 e. The maximum atomic E-state index is 15.4. The van der Waals surface area contributed by atoms with Gasteiger partial charge < -0.3 is 19.8 Å². The van der Waals surface area contributed by atoms with Gasteiger partial charge in [0.25, 0.3) is 0 Å². The van der Waals surface area contributed by atoms with Gasteiger partial charge in [0.2, 0.25) is 11.8 Å². The highest BCUT2D eigenvalue weighted by molar-refractivity contribution is 6.03. The van der Waals surface area contributed by atoms with Crippen molar-refractivity contribution in [3.63, 3.8) is 0 Å². The van der Waals surface area contributed by atoms with Crippen LogP contribution >= 0.6 is 0 Å². The van der Waals surface area contributed by atoms with E-state index >= 15 is 8.78 Å². The summed E-state index contributed by atoms with van der Waals surface area (Å²) in [6.07, 6.45) is 0. The molecule has 0 fully saturated rings. The number of carbonyl (C=O) groups is 2. The van der Waals surface area contributed by atoms with E-state index in [1.807, 2.05) is 0 Å². The highest BCUT2D eigenvalue weighted by Crippen LogP contribution is 2.35. The van der Waals surface area contributed by atoms with Crippen molar-refractivity contribution in [2.75, 3.05) is 17.7 Å². The average molecular weight is 519 g/mol. The first-order valence-corrected chi connectivity index (χ1v) is 11.5. The molecule has 0 radical (unpaired) electrons. The predicted octanol–water partition coefficient (Wildman–Crippen LogP) is 5.99. The van der Waals surface area contributed by atoms with Crippen molar-refractivity contribution in [2.45, 2.75) is 48.1 Å². The quantitative estimate of drug-likeness (QED) is 0.432. The number of hydrogen-bond acceptors (Lipinski definition) is 5. The molecule has 3 aromatic rings. The van der Waals surface area contributed by atoms with Crippen LogP contribution in [-0.2, 0) is 20.9 Å². The molecule has 0 aliphatic rings. The SMILES string of the molecule is COCc1c(F)c(NC(=O)C(C)(C)C)c2c(=O)cc(-c3ccc(NC(=O)C(C)(C)C)c(F)c3)oc2c1F. The maximum Gasteiger partial charge on any atom is 0.229 e. The van der Waals surface area contributed by atoms with Crippen molar-refractivity contribution in [3.8, 4) is 11.3 Å². The normalized spacial score (nSPS) is 12.1. The van der Waals surface area contributed by atoms with Crippen LogP contribution < -0.4 is 16.1 Å². The van der Waals surface area contributed by atoms with E-state index in [4.69, 9.17) is 9.15 Å². The minimum Gasteiger partial charge on any atom is -0.453 e. The number of rotatable bonds is 5. The summed E-state index contributed by atoms with van der Waals surface area (Å²) in [7, 11) is 1.23. The standard InChI is InChI=1S/C27H29F3N2O5/c1-26(2,3)24(34)31-16-9-8-13(10-15(16)28)18-11-17(33)19-22(32-25(35)27(4,5)6)20(29)14(12-36-7)21(30)23(19)37-18/h8-11H,12H2,1-7H3,(H,31,34)(H,32,35). The van der Waals surface area contributed by atoms with Crippen molar-refractivity contribution < 1.29 is 31.9 Å². The number of carbonyl (C=O) groups excluding carboxylic acids is 2. The number of methoxy groups -OCH3 is 1. The van der Waals surface area contributed by atoms with E-state index in [1.165, 1.54) is 19.2 Å². The van der Waals surface area contributed by atoms with Gasteiger partial charge in [0.1, 0.15) is 11.6 Å². The molecule has 10 heteroatoms. The highest BCUT2D eigenvalue weighted by atomic mass is 19.1. The van der Waals surface area contributed by atoms with Crippen LogP contribution in [0.1, 0.15) is 47.1 Å². The first-order valence-electron chi connectivity index (χ1n) is 11.5. The molecule has 0 saturated heterocycles. The first-order chi connectivity index (χ1) is 17.1. The van der Waals surface area contributed by atoms with Crippen LogP contribution in [0.25, 0.3) is 22.3 Å². The summed E-state index contributed by atoms with van der Waals surface area (Å²) >= 11 is 0. The molecule has 1 heterocycles. The third kappa shape index (κ3) is 5.69. The summed E-state index contributed by atoms with van der Waals surface area (Å²) in [5, 5.41) is 4.34. The number of ether oxygens (including phenoxy) is 1. The maximum absolute atomic E-state index is 15.4. The molecule has 7 nitrogen and oxygen atoms in total. The minimum absolute atomic E-state index is 0.0718. The molecule has 0 bridgehead atoms. The van der Waals surface area contributed by atoms with Crippen LogP contribution in [0.4, 0.5) is 24.5 Å². The van der Waals surface area contributed by atoms with Gasteiger partial charge in [0, 0.05) is 29.6 Å². The Labute approximate surface area is 212 Å². The summed E-state index contributed by atoms with van der Waals surface area (Å²) in [6, 6.07) is 4.63. The van der Waals surface area contributed by atoms with Crippen molar-refractivity contribution >= 4 is 34.2 Å². The predicted molar refractivity (Wildman–Crippen MR) is 135 cm³/mol. The van der Waals surface area contributed by atoms with Crippen molar-refractivity contribution in [1.82, 2.24) is 0 Å². The Morgan fingerprint density at radius 2 is 1.51 bits per heavy atom. The number of amides is 2. The zero-order valence-corrected chi connectivity index (χ0v) is 21.7. The molecule has 0 spiro atoms. The smallest absolute Gasteiger partial charge is 0.229 e. The molecule has 0 aliphatic carbocycles. The van der Waals surface area contributed by atoms with E-state index in [2.05, 4.69) is 10.6 Å². The van der Waals surface area contributed by atoms with E-state index in [0.29, 0.717) is 0 Å². The van der Waals surface area contributed by atoms with Gasteiger partial charge in [-0.1, -0.05) is 41.5 Å².